The Labute approximate surface area is 200 Å². The van der Waals surface area contributed by atoms with Crippen LogP contribution in [0.5, 0.6) is 5.75 Å². The van der Waals surface area contributed by atoms with Crippen molar-refractivity contribution < 1.29 is 14.3 Å². The van der Waals surface area contributed by atoms with Crippen molar-refractivity contribution in [3.05, 3.63) is 62.0 Å². The molecule has 0 fully saturated rings. The van der Waals surface area contributed by atoms with Crippen LogP contribution in [0.1, 0.15) is 43.1 Å². The highest BCUT2D eigenvalue weighted by Crippen LogP contribution is 2.23. The fraction of sp³-hybridized carbons (Fsp3) is 0.318. The Morgan fingerprint density at radius 1 is 1.16 bits per heavy atom. The van der Waals surface area contributed by atoms with Gasteiger partial charge in [0.05, 0.1) is 22.9 Å². The summed E-state index contributed by atoms with van der Waals surface area (Å²) in [6, 6.07) is 9.28. The van der Waals surface area contributed by atoms with E-state index in [0.717, 1.165) is 10.9 Å². The maximum atomic E-state index is 12.7. The normalized spacial score (nSPS) is 12.1. The molecule has 0 radical (unpaired) electrons. The van der Waals surface area contributed by atoms with Gasteiger partial charge in [-0.05, 0) is 48.7 Å². The highest BCUT2D eigenvalue weighted by Gasteiger charge is 2.24. The van der Waals surface area contributed by atoms with E-state index in [-0.39, 0.29) is 10.9 Å². The highest BCUT2D eigenvalue weighted by molar-refractivity contribution is 9.10. The zero-order valence-electron chi connectivity index (χ0n) is 17.4. The van der Waals surface area contributed by atoms with Gasteiger partial charge in [0.15, 0.2) is 0 Å². The Hall–Kier alpha value is -2.09. The van der Waals surface area contributed by atoms with Crippen LogP contribution in [0.4, 0.5) is 0 Å². The molecule has 6 nitrogen and oxygen atoms in total. The van der Waals surface area contributed by atoms with Crippen molar-refractivity contribution in [2.45, 2.75) is 33.2 Å². The van der Waals surface area contributed by atoms with Crippen LogP contribution in [0.25, 0.3) is 0 Å². The first kappa shape index (κ1) is 25.2. The van der Waals surface area contributed by atoms with Crippen molar-refractivity contribution in [2.75, 3.05) is 6.61 Å². The first-order valence-electron chi connectivity index (χ1n) is 9.74. The first-order chi connectivity index (χ1) is 14.7. The van der Waals surface area contributed by atoms with Gasteiger partial charge in [-0.3, -0.25) is 9.59 Å². The third-order valence-corrected chi connectivity index (χ3v) is 5.46. The van der Waals surface area contributed by atoms with Crippen LogP contribution in [-0.4, -0.2) is 30.7 Å². The van der Waals surface area contributed by atoms with Gasteiger partial charge in [-0.1, -0.05) is 59.9 Å². The van der Waals surface area contributed by atoms with Crippen LogP contribution in [0.15, 0.2) is 46.0 Å². The molecule has 166 valence electrons. The average molecular weight is 529 g/mol. The molecular formula is C22H24BrCl2N3O3. The van der Waals surface area contributed by atoms with Crippen molar-refractivity contribution in [3.63, 3.8) is 0 Å². The molecule has 9 heteroatoms. The van der Waals surface area contributed by atoms with Crippen molar-refractivity contribution >= 4 is 57.2 Å². The van der Waals surface area contributed by atoms with E-state index >= 15 is 0 Å². The van der Waals surface area contributed by atoms with Crippen molar-refractivity contribution in [3.8, 4) is 5.75 Å². The number of hydrogen-bond acceptors (Lipinski definition) is 4. The maximum absolute atomic E-state index is 12.7. The number of halogens is 3. The van der Waals surface area contributed by atoms with Gasteiger partial charge in [-0.2, -0.15) is 5.10 Å². The van der Waals surface area contributed by atoms with Gasteiger partial charge in [0.1, 0.15) is 11.8 Å². The Balaban J connectivity index is 2.08. The lowest BCUT2D eigenvalue weighted by atomic mass is 10.0. The van der Waals surface area contributed by atoms with Crippen LogP contribution in [0.3, 0.4) is 0 Å². The molecule has 1 unspecified atom stereocenters. The molecule has 0 aliphatic rings. The molecule has 0 saturated heterocycles. The largest absolute Gasteiger partial charge is 0.493 e. The number of ether oxygens (including phenoxy) is 1. The molecule has 0 saturated carbocycles. The predicted molar refractivity (Wildman–Crippen MR) is 128 cm³/mol. The van der Waals surface area contributed by atoms with Crippen LogP contribution in [-0.2, 0) is 4.79 Å². The van der Waals surface area contributed by atoms with Crippen LogP contribution in [0.2, 0.25) is 10.0 Å². The molecule has 0 bridgehead atoms. The summed E-state index contributed by atoms with van der Waals surface area (Å²) in [7, 11) is 0. The molecule has 0 aromatic heterocycles. The second-order valence-corrected chi connectivity index (χ2v) is 8.82. The Morgan fingerprint density at radius 2 is 1.90 bits per heavy atom. The summed E-state index contributed by atoms with van der Waals surface area (Å²) < 4.78 is 6.56. The molecule has 2 aromatic carbocycles. The first-order valence-corrected chi connectivity index (χ1v) is 11.3. The smallest absolute Gasteiger partial charge is 0.262 e. The van der Waals surface area contributed by atoms with Gasteiger partial charge < -0.3 is 10.1 Å². The second kappa shape index (κ2) is 12.1. The minimum atomic E-state index is -0.794. The van der Waals surface area contributed by atoms with Gasteiger partial charge in [0.2, 0.25) is 0 Å². The van der Waals surface area contributed by atoms with E-state index < -0.39 is 17.9 Å². The van der Waals surface area contributed by atoms with Gasteiger partial charge in [0.25, 0.3) is 11.8 Å². The lowest BCUT2D eigenvalue weighted by molar-refractivity contribution is -0.123. The minimum absolute atomic E-state index is 0.170. The van der Waals surface area contributed by atoms with E-state index in [1.165, 1.54) is 18.3 Å². The fourth-order valence-electron chi connectivity index (χ4n) is 2.60. The van der Waals surface area contributed by atoms with Gasteiger partial charge in [0, 0.05) is 15.6 Å². The molecule has 31 heavy (non-hydrogen) atoms. The van der Waals surface area contributed by atoms with Crippen LogP contribution < -0.4 is 15.5 Å². The topological polar surface area (TPSA) is 79.8 Å². The summed E-state index contributed by atoms with van der Waals surface area (Å²) in [6.45, 7) is 6.25. The number of hydrazone groups is 1. The van der Waals surface area contributed by atoms with Gasteiger partial charge in [-0.25, -0.2) is 5.43 Å². The summed E-state index contributed by atoms with van der Waals surface area (Å²) in [6.07, 6.45) is 2.38. The summed E-state index contributed by atoms with van der Waals surface area (Å²) in [5.41, 5.74) is 3.51. The number of nitrogens with one attached hydrogen (secondary N) is 2. The third kappa shape index (κ3) is 7.52. The number of amides is 2. The average Bonchev–Trinajstić information content (AvgIpc) is 2.72. The van der Waals surface area contributed by atoms with Crippen molar-refractivity contribution in [1.82, 2.24) is 10.7 Å². The van der Waals surface area contributed by atoms with E-state index in [9.17, 15) is 9.59 Å². The van der Waals surface area contributed by atoms with Crippen LogP contribution in [0, 0.1) is 5.92 Å². The molecule has 0 aliphatic carbocycles. The number of carbonyl (C=O) groups is 2. The third-order valence-electron chi connectivity index (χ3n) is 4.23. The minimum Gasteiger partial charge on any atom is -0.493 e. The molecule has 2 aromatic rings. The molecule has 2 rings (SSSR count). The van der Waals surface area contributed by atoms with Gasteiger partial charge >= 0.3 is 0 Å². The molecule has 0 spiro atoms. The number of carbonyl (C=O) groups excluding carboxylic acids is 2. The number of nitrogens with zero attached hydrogens (tertiary/aromatic N) is 1. The molecule has 2 N–H and O–H groups in total. The van der Waals surface area contributed by atoms with E-state index in [1.807, 2.05) is 39.0 Å². The van der Waals surface area contributed by atoms with E-state index in [1.54, 1.807) is 6.07 Å². The molecule has 0 heterocycles. The molecule has 0 aliphatic heterocycles. The fourth-order valence-corrected chi connectivity index (χ4v) is 3.27. The van der Waals surface area contributed by atoms with Crippen molar-refractivity contribution in [2.24, 2.45) is 11.0 Å². The van der Waals surface area contributed by atoms with E-state index in [4.69, 9.17) is 27.9 Å². The Morgan fingerprint density at radius 3 is 2.55 bits per heavy atom. The Bertz CT molecular complexity index is 967. The van der Waals surface area contributed by atoms with E-state index in [0.29, 0.717) is 28.5 Å². The predicted octanol–water partition coefficient (Wildman–Crippen LogP) is 5.45. The summed E-state index contributed by atoms with van der Waals surface area (Å²) in [5.74, 6) is -0.378. The maximum Gasteiger partial charge on any atom is 0.262 e. The monoisotopic (exact) mass is 527 g/mol. The lowest BCUT2D eigenvalue weighted by Gasteiger charge is -2.20. The lowest BCUT2D eigenvalue weighted by Crippen LogP contribution is -2.48. The van der Waals surface area contributed by atoms with Crippen LogP contribution >= 0.6 is 39.1 Å². The summed E-state index contributed by atoms with van der Waals surface area (Å²) in [5, 5.41) is 7.37. The standard InChI is InChI=1S/C22H24BrCl2N3O3/c1-4-9-31-19-8-6-16(23)10-15(19)12-26-28-22(30)20(13(2)3)27-21(29)14-5-7-17(24)18(25)11-14/h5-8,10-13,20H,4,9H2,1-3H3,(H,27,29)(H,28,30). The zero-order chi connectivity index (χ0) is 23.0. The summed E-state index contributed by atoms with van der Waals surface area (Å²) >= 11 is 15.3. The summed E-state index contributed by atoms with van der Waals surface area (Å²) in [4.78, 5) is 25.2. The number of rotatable bonds is 9. The second-order valence-electron chi connectivity index (χ2n) is 7.09. The van der Waals surface area contributed by atoms with Gasteiger partial charge in [-0.15, -0.1) is 0 Å². The number of benzene rings is 2. The van der Waals surface area contributed by atoms with E-state index in [2.05, 4.69) is 31.8 Å². The molecule has 1 atom stereocenters. The highest BCUT2D eigenvalue weighted by atomic mass is 79.9. The number of hydrogen-bond donors (Lipinski definition) is 2. The Kier molecular flexibility index (Phi) is 9.81. The molecular weight excluding hydrogens is 505 g/mol. The van der Waals surface area contributed by atoms with Crippen molar-refractivity contribution in [1.29, 1.82) is 0 Å². The quantitative estimate of drug-likeness (QED) is 0.335. The molecule has 2 amide bonds. The zero-order valence-corrected chi connectivity index (χ0v) is 20.5. The SMILES string of the molecule is CCCOc1ccc(Br)cc1C=NNC(=O)C(NC(=O)c1ccc(Cl)c(Cl)c1)C(C)C.